The molecule has 0 atom stereocenters. The zero-order chi connectivity index (χ0) is 12.8. The molecule has 0 unspecified atom stereocenters. The number of carbonyl (C=O) groups is 1. The molecule has 0 spiro atoms. The first-order valence-electron chi connectivity index (χ1n) is 6.74. The minimum absolute atomic E-state index is 0.0842. The maximum atomic E-state index is 10.8. The maximum Gasteiger partial charge on any atom is 0.305 e. The topological polar surface area (TPSA) is 26.3 Å². The first-order valence-corrected chi connectivity index (χ1v) is 6.74. The summed E-state index contributed by atoms with van der Waals surface area (Å²) >= 11 is 0. The third-order valence-corrected chi connectivity index (χ3v) is 2.51. The van der Waals surface area contributed by atoms with Crippen molar-refractivity contribution >= 4 is 5.97 Å². The molecule has 0 aliphatic carbocycles. The lowest BCUT2D eigenvalue weighted by molar-refractivity contribution is -0.143. The van der Waals surface area contributed by atoms with Crippen LogP contribution in [-0.4, -0.2) is 12.6 Å². The van der Waals surface area contributed by atoms with Crippen LogP contribution in [0.1, 0.15) is 58.8 Å². The summed E-state index contributed by atoms with van der Waals surface area (Å²) < 4.78 is 5.01. The second-order valence-corrected chi connectivity index (χ2v) is 4.08. The summed E-state index contributed by atoms with van der Waals surface area (Å²) in [6.45, 7) is 4.44. The van der Waals surface area contributed by atoms with Crippen molar-refractivity contribution in [1.29, 1.82) is 0 Å². The van der Waals surface area contributed by atoms with Gasteiger partial charge in [-0.1, -0.05) is 50.5 Å². The summed E-state index contributed by atoms with van der Waals surface area (Å²) in [6, 6.07) is 0. The largest absolute Gasteiger partial charge is 0.466 e. The molecule has 0 saturated heterocycles. The molecule has 0 N–H and O–H groups in total. The van der Waals surface area contributed by atoms with Gasteiger partial charge in [0, 0.05) is 6.42 Å². The smallest absolute Gasteiger partial charge is 0.305 e. The Hall–Kier alpha value is -1.05. The Morgan fingerprint density at radius 2 is 1.76 bits per heavy atom. The van der Waals surface area contributed by atoms with Crippen LogP contribution in [0.15, 0.2) is 24.3 Å². The first kappa shape index (κ1) is 16.0. The highest BCUT2D eigenvalue weighted by Gasteiger charge is 1.96. The summed E-state index contributed by atoms with van der Waals surface area (Å²) in [7, 11) is 0. The van der Waals surface area contributed by atoms with E-state index in [1.807, 2.05) is 19.9 Å². The first-order chi connectivity index (χ1) is 8.31. The molecule has 0 aliphatic heterocycles. The van der Waals surface area contributed by atoms with Crippen molar-refractivity contribution in [3.8, 4) is 0 Å². The van der Waals surface area contributed by atoms with Gasteiger partial charge >= 0.3 is 5.97 Å². The van der Waals surface area contributed by atoms with E-state index in [1.165, 1.54) is 19.3 Å². The van der Waals surface area contributed by atoms with Crippen LogP contribution in [0.5, 0.6) is 0 Å². The quantitative estimate of drug-likeness (QED) is 0.320. The lowest BCUT2D eigenvalue weighted by Gasteiger charge is -2.02. The number of esters is 1. The molecule has 98 valence electrons. The Bertz CT molecular complexity index is 229. The number of ether oxygens (including phenoxy) is 1. The molecule has 17 heavy (non-hydrogen) atoms. The van der Waals surface area contributed by atoms with Gasteiger partial charge in [0.25, 0.3) is 0 Å². The van der Waals surface area contributed by atoms with Crippen molar-refractivity contribution < 1.29 is 9.53 Å². The maximum absolute atomic E-state index is 10.8. The Kier molecular flexibility index (Phi) is 12.2. The molecule has 0 saturated carbocycles. The van der Waals surface area contributed by atoms with Crippen molar-refractivity contribution in [3.63, 3.8) is 0 Å². The molecule has 0 aromatic rings. The van der Waals surface area contributed by atoms with Crippen molar-refractivity contribution in [2.24, 2.45) is 0 Å². The van der Waals surface area contributed by atoms with Crippen LogP contribution in [-0.2, 0) is 9.53 Å². The number of unbranched alkanes of at least 4 members (excludes halogenated alkanes) is 5. The highest BCUT2D eigenvalue weighted by atomic mass is 16.5. The molecule has 0 heterocycles. The minimum Gasteiger partial charge on any atom is -0.466 e. The second-order valence-electron chi connectivity index (χ2n) is 4.08. The van der Waals surface area contributed by atoms with Gasteiger partial charge in [-0.15, -0.1) is 0 Å². The highest BCUT2D eigenvalue weighted by Crippen LogP contribution is 2.06. The number of rotatable bonds is 10. The van der Waals surface area contributed by atoms with Gasteiger partial charge in [-0.2, -0.15) is 0 Å². The molecule has 2 heteroatoms. The Balaban J connectivity index is 3.11. The fourth-order valence-corrected chi connectivity index (χ4v) is 1.47. The Morgan fingerprint density at radius 1 is 1.06 bits per heavy atom. The van der Waals surface area contributed by atoms with Crippen LogP contribution in [0.25, 0.3) is 0 Å². The van der Waals surface area contributed by atoms with Crippen LogP contribution >= 0.6 is 0 Å². The molecule has 0 bridgehead atoms. The van der Waals surface area contributed by atoms with Gasteiger partial charge in [0.15, 0.2) is 0 Å². The van der Waals surface area contributed by atoms with E-state index in [1.54, 1.807) is 0 Å². The van der Waals surface area contributed by atoms with Crippen molar-refractivity contribution in [3.05, 3.63) is 24.3 Å². The summed E-state index contributed by atoms with van der Waals surface area (Å²) in [5, 5.41) is 0. The standard InChI is InChI=1S/C15H26O2/c1-3-5-6-7-8-9-10-11-12-13-14-17-15(16)4-2/h3,5-7H,4,8-14H2,1-2H3. The molecule has 0 radical (unpaired) electrons. The van der Waals surface area contributed by atoms with E-state index >= 15 is 0 Å². The van der Waals surface area contributed by atoms with Crippen LogP contribution in [0.4, 0.5) is 0 Å². The van der Waals surface area contributed by atoms with Crippen LogP contribution < -0.4 is 0 Å². The second kappa shape index (κ2) is 13.0. The average molecular weight is 238 g/mol. The Labute approximate surface area is 106 Å². The third-order valence-electron chi connectivity index (χ3n) is 2.51. The summed E-state index contributed by atoms with van der Waals surface area (Å²) in [5.41, 5.74) is 0. The number of hydrogen-bond donors (Lipinski definition) is 0. The van der Waals surface area contributed by atoms with E-state index in [4.69, 9.17) is 4.74 Å². The SMILES string of the molecule is CC=CC=CCCCCCCCOC(=O)CC. The van der Waals surface area contributed by atoms with Gasteiger partial charge in [0.2, 0.25) is 0 Å². The van der Waals surface area contributed by atoms with Gasteiger partial charge < -0.3 is 4.74 Å². The predicted octanol–water partition coefficient (Wildman–Crippen LogP) is 4.41. The van der Waals surface area contributed by atoms with E-state index in [9.17, 15) is 4.79 Å². The molecular formula is C15H26O2. The summed E-state index contributed by atoms with van der Waals surface area (Å²) in [6.07, 6.45) is 16.0. The normalized spacial score (nSPS) is 11.4. The van der Waals surface area contributed by atoms with E-state index in [0.717, 1.165) is 19.3 Å². The fourth-order valence-electron chi connectivity index (χ4n) is 1.47. The fraction of sp³-hybridized carbons (Fsp3) is 0.667. The minimum atomic E-state index is -0.0842. The van der Waals surface area contributed by atoms with E-state index in [-0.39, 0.29) is 5.97 Å². The van der Waals surface area contributed by atoms with Crippen LogP contribution in [0.2, 0.25) is 0 Å². The highest BCUT2D eigenvalue weighted by molar-refractivity contribution is 5.68. The summed E-state index contributed by atoms with van der Waals surface area (Å²) in [4.78, 5) is 10.8. The third kappa shape index (κ3) is 12.9. The number of allylic oxidation sites excluding steroid dienone is 4. The van der Waals surface area contributed by atoms with E-state index in [0.29, 0.717) is 13.0 Å². The molecule has 0 aromatic carbocycles. The number of hydrogen-bond acceptors (Lipinski definition) is 2. The molecule has 0 rings (SSSR count). The lowest BCUT2D eigenvalue weighted by Crippen LogP contribution is -2.03. The zero-order valence-electron chi connectivity index (χ0n) is 11.3. The van der Waals surface area contributed by atoms with Crippen molar-refractivity contribution in [2.75, 3.05) is 6.61 Å². The van der Waals surface area contributed by atoms with Gasteiger partial charge in [-0.3, -0.25) is 4.79 Å². The summed E-state index contributed by atoms with van der Waals surface area (Å²) in [5.74, 6) is -0.0842. The molecular weight excluding hydrogens is 212 g/mol. The van der Waals surface area contributed by atoms with Crippen molar-refractivity contribution in [1.82, 2.24) is 0 Å². The van der Waals surface area contributed by atoms with E-state index < -0.39 is 0 Å². The Morgan fingerprint density at radius 3 is 2.47 bits per heavy atom. The molecule has 0 aliphatic rings. The van der Waals surface area contributed by atoms with Crippen LogP contribution in [0, 0.1) is 0 Å². The predicted molar refractivity (Wildman–Crippen MR) is 72.9 cm³/mol. The molecule has 2 nitrogen and oxygen atoms in total. The van der Waals surface area contributed by atoms with Gasteiger partial charge in [-0.05, 0) is 26.2 Å². The lowest BCUT2D eigenvalue weighted by atomic mass is 10.1. The molecule has 0 fully saturated rings. The van der Waals surface area contributed by atoms with Gasteiger partial charge in [0.05, 0.1) is 6.61 Å². The monoisotopic (exact) mass is 238 g/mol. The molecule has 0 aromatic heterocycles. The molecule has 0 amide bonds. The number of carbonyl (C=O) groups excluding carboxylic acids is 1. The van der Waals surface area contributed by atoms with Crippen LogP contribution in [0.3, 0.4) is 0 Å². The van der Waals surface area contributed by atoms with Gasteiger partial charge in [-0.25, -0.2) is 0 Å². The van der Waals surface area contributed by atoms with Gasteiger partial charge in [0.1, 0.15) is 0 Å². The van der Waals surface area contributed by atoms with E-state index in [2.05, 4.69) is 18.2 Å². The average Bonchev–Trinajstić information content (AvgIpc) is 2.35. The van der Waals surface area contributed by atoms with Crippen molar-refractivity contribution in [2.45, 2.75) is 58.8 Å². The zero-order valence-corrected chi connectivity index (χ0v) is 11.3.